The molecule has 0 aromatic heterocycles. The molecular formula is C16H18N2O5. The van der Waals surface area contributed by atoms with Gasteiger partial charge in [-0.1, -0.05) is 6.42 Å². The second-order valence-electron chi connectivity index (χ2n) is 6.15. The first-order chi connectivity index (χ1) is 11.0. The molecule has 1 N–H and O–H groups in total. The minimum atomic E-state index is -0.666. The number of esters is 1. The number of hydrogen-bond donors (Lipinski definition) is 1. The van der Waals surface area contributed by atoms with Gasteiger partial charge in [-0.25, -0.2) is 0 Å². The third kappa shape index (κ3) is 3.04. The Balaban J connectivity index is 1.73. The van der Waals surface area contributed by atoms with Gasteiger partial charge in [0.05, 0.1) is 17.3 Å². The van der Waals surface area contributed by atoms with Crippen molar-refractivity contribution in [1.29, 1.82) is 0 Å². The highest BCUT2D eigenvalue weighted by Gasteiger charge is 2.52. The Bertz CT molecular complexity index is 634. The Hall–Kier alpha value is -2.44. The van der Waals surface area contributed by atoms with E-state index in [4.69, 9.17) is 4.74 Å². The molecule has 7 heteroatoms. The molecule has 1 atom stereocenters. The molecule has 0 unspecified atom stereocenters. The zero-order valence-electron chi connectivity index (χ0n) is 12.6. The number of ether oxygens (including phenoxy) is 1. The van der Waals surface area contributed by atoms with Crippen LogP contribution >= 0.6 is 0 Å². The van der Waals surface area contributed by atoms with Crippen molar-refractivity contribution in [2.24, 2.45) is 5.92 Å². The summed E-state index contributed by atoms with van der Waals surface area (Å²) in [5.74, 6) is -1.08. The van der Waals surface area contributed by atoms with Crippen molar-refractivity contribution in [1.82, 2.24) is 0 Å². The van der Waals surface area contributed by atoms with Gasteiger partial charge in [0.2, 0.25) is 5.91 Å². The molecule has 1 aliphatic heterocycles. The van der Waals surface area contributed by atoms with Gasteiger partial charge >= 0.3 is 5.97 Å². The molecule has 122 valence electrons. The Morgan fingerprint density at radius 3 is 2.48 bits per heavy atom. The number of anilines is 1. The fourth-order valence-electron chi connectivity index (χ4n) is 3.52. The van der Waals surface area contributed by atoms with Crippen LogP contribution in [0.3, 0.4) is 0 Å². The molecule has 1 saturated carbocycles. The second kappa shape index (κ2) is 5.98. The summed E-state index contributed by atoms with van der Waals surface area (Å²) in [5, 5.41) is 13.4. The fraction of sp³-hybridized carbons (Fsp3) is 0.500. The van der Waals surface area contributed by atoms with Crippen LogP contribution in [0.5, 0.6) is 0 Å². The van der Waals surface area contributed by atoms with Gasteiger partial charge in [-0.05, 0) is 37.8 Å². The van der Waals surface area contributed by atoms with Crippen molar-refractivity contribution in [2.75, 3.05) is 5.32 Å². The molecule has 1 aliphatic carbocycles. The number of amides is 1. The van der Waals surface area contributed by atoms with E-state index in [2.05, 4.69) is 5.32 Å². The van der Waals surface area contributed by atoms with Gasteiger partial charge in [0.1, 0.15) is 5.60 Å². The summed E-state index contributed by atoms with van der Waals surface area (Å²) in [6, 6.07) is 5.65. The topological polar surface area (TPSA) is 98.5 Å². The highest BCUT2D eigenvalue weighted by Crippen LogP contribution is 2.44. The number of non-ortho nitro benzene ring substituents is 1. The van der Waals surface area contributed by atoms with Crippen LogP contribution < -0.4 is 5.32 Å². The number of carbonyl (C=O) groups is 2. The van der Waals surface area contributed by atoms with E-state index in [1.807, 2.05) is 0 Å². The predicted octanol–water partition coefficient (Wildman–Crippen LogP) is 2.80. The molecule has 23 heavy (non-hydrogen) atoms. The lowest BCUT2D eigenvalue weighted by molar-refractivity contribution is -0.384. The van der Waals surface area contributed by atoms with Crippen molar-refractivity contribution >= 4 is 23.3 Å². The molecule has 1 amide bonds. The van der Waals surface area contributed by atoms with E-state index in [0.717, 1.165) is 32.1 Å². The van der Waals surface area contributed by atoms with Crippen LogP contribution in [0.4, 0.5) is 11.4 Å². The number of nitrogens with one attached hydrogen (secondary N) is 1. The van der Waals surface area contributed by atoms with Crippen molar-refractivity contribution in [2.45, 2.75) is 44.1 Å². The lowest BCUT2D eigenvalue weighted by Crippen LogP contribution is -2.43. The van der Waals surface area contributed by atoms with Crippen LogP contribution in [0.25, 0.3) is 0 Å². The molecule has 1 heterocycles. The Morgan fingerprint density at radius 1 is 1.22 bits per heavy atom. The maximum Gasteiger partial charge on any atom is 0.307 e. The van der Waals surface area contributed by atoms with Crippen molar-refractivity contribution < 1.29 is 19.2 Å². The lowest BCUT2D eigenvalue weighted by atomic mass is 9.75. The summed E-state index contributed by atoms with van der Waals surface area (Å²) in [6.45, 7) is 0. The summed E-state index contributed by atoms with van der Waals surface area (Å²) >= 11 is 0. The van der Waals surface area contributed by atoms with Gasteiger partial charge < -0.3 is 10.1 Å². The maximum absolute atomic E-state index is 12.6. The Labute approximate surface area is 133 Å². The smallest absolute Gasteiger partial charge is 0.307 e. The number of benzene rings is 1. The molecule has 3 rings (SSSR count). The SMILES string of the molecule is O=C1C[C@@H](C(=O)Nc2ccc([N+](=O)[O-])cc2)C2(CCCCC2)O1. The lowest BCUT2D eigenvalue weighted by Gasteiger charge is -2.36. The number of hydrogen-bond acceptors (Lipinski definition) is 5. The summed E-state index contributed by atoms with van der Waals surface area (Å²) in [6.07, 6.45) is 4.53. The quantitative estimate of drug-likeness (QED) is 0.525. The van der Waals surface area contributed by atoms with E-state index in [-0.39, 0.29) is 24.0 Å². The van der Waals surface area contributed by atoms with Gasteiger partial charge in [-0.2, -0.15) is 0 Å². The molecule has 2 aliphatic rings. The summed E-state index contributed by atoms with van der Waals surface area (Å²) in [7, 11) is 0. The van der Waals surface area contributed by atoms with E-state index in [1.54, 1.807) is 0 Å². The first kappa shape index (κ1) is 15.5. The molecule has 0 radical (unpaired) electrons. The second-order valence-corrected chi connectivity index (χ2v) is 6.15. The van der Waals surface area contributed by atoms with Crippen LogP contribution in [-0.4, -0.2) is 22.4 Å². The largest absolute Gasteiger partial charge is 0.458 e. The average molecular weight is 318 g/mol. The standard InChI is InChI=1S/C16H18N2O5/c19-14-10-13(16(23-14)8-2-1-3-9-16)15(20)17-11-4-6-12(7-5-11)18(21)22/h4-7,13H,1-3,8-10H2,(H,17,20)/t13-/m0/s1. The van der Waals surface area contributed by atoms with E-state index < -0.39 is 16.4 Å². The van der Waals surface area contributed by atoms with Crippen LogP contribution in [-0.2, 0) is 14.3 Å². The van der Waals surface area contributed by atoms with E-state index in [0.29, 0.717) is 5.69 Å². The highest BCUT2D eigenvalue weighted by atomic mass is 16.6. The third-order valence-electron chi connectivity index (χ3n) is 4.69. The molecule has 7 nitrogen and oxygen atoms in total. The van der Waals surface area contributed by atoms with E-state index >= 15 is 0 Å². The van der Waals surface area contributed by atoms with Gasteiger partial charge in [0.25, 0.3) is 5.69 Å². The van der Waals surface area contributed by atoms with Crippen LogP contribution in [0.15, 0.2) is 24.3 Å². The van der Waals surface area contributed by atoms with Gasteiger partial charge in [-0.15, -0.1) is 0 Å². The number of rotatable bonds is 3. The van der Waals surface area contributed by atoms with Crippen molar-refractivity contribution in [3.63, 3.8) is 0 Å². The highest BCUT2D eigenvalue weighted by molar-refractivity contribution is 5.97. The zero-order chi connectivity index (χ0) is 16.4. The molecule has 0 bridgehead atoms. The van der Waals surface area contributed by atoms with E-state index in [9.17, 15) is 19.7 Å². The van der Waals surface area contributed by atoms with Gasteiger partial charge in [-0.3, -0.25) is 19.7 Å². The Morgan fingerprint density at radius 2 is 1.87 bits per heavy atom. The maximum atomic E-state index is 12.6. The first-order valence-electron chi connectivity index (χ1n) is 7.77. The van der Waals surface area contributed by atoms with Crippen LogP contribution in [0.1, 0.15) is 38.5 Å². The normalized spacial score (nSPS) is 22.6. The number of nitro benzene ring substituents is 1. The van der Waals surface area contributed by atoms with Crippen LogP contribution in [0, 0.1) is 16.0 Å². The molecule has 1 saturated heterocycles. The van der Waals surface area contributed by atoms with Gasteiger partial charge in [0, 0.05) is 17.8 Å². The summed E-state index contributed by atoms with van der Waals surface area (Å²) in [4.78, 5) is 34.5. The average Bonchev–Trinajstić information content (AvgIpc) is 2.84. The summed E-state index contributed by atoms with van der Waals surface area (Å²) < 4.78 is 5.52. The first-order valence-corrected chi connectivity index (χ1v) is 7.77. The monoisotopic (exact) mass is 318 g/mol. The van der Waals surface area contributed by atoms with Crippen molar-refractivity contribution in [3.8, 4) is 0 Å². The van der Waals surface area contributed by atoms with Crippen LogP contribution in [0.2, 0.25) is 0 Å². The minimum absolute atomic E-state index is 0.0360. The molecule has 1 spiro atoms. The van der Waals surface area contributed by atoms with E-state index in [1.165, 1.54) is 24.3 Å². The molecule has 1 aromatic carbocycles. The third-order valence-corrected chi connectivity index (χ3v) is 4.69. The molecule has 1 aromatic rings. The zero-order valence-corrected chi connectivity index (χ0v) is 12.6. The summed E-state index contributed by atoms with van der Waals surface area (Å²) in [5.41, 5.74) is -0.225. The minimum Gasteiger partial charge on any atom is -0.458 e. The Kier molecular flexibility index (Phi) is 4.02. The van der Waals surface area contributed by atoms with Crippen molar-refractivity contribution in [3.05, 3.63) is 34.4 Å². The number of nitro groups is 1. The molecular weight excluding hydrogens is 300 g/mol. The molecule has 2 fully saturated rings. The van der Waals surface area contributed by atoms with Gasteiger partial charge in [0.15, 0.2) is 0 Å². The predicted molar refractivity (Wildman–Crippen MR) is 81.7 cm³/mol. The number of carbonyl (C=O) groups excluding carboxylic acids is 2. The fourth-order valence-corrected chi connectivity index (χ4v) is 3.52. The number of nitrogens with zero attached hydrogens (tertiary/aromatic N) is 1.